The summed E-state index contributed by atoms with van der Waals surface area (Å²) in [7, 11) is 0. The Morgan fingerprint density at radius 1 is 1.34 bits per heavy atom. The second kappa shape index (κ2) is 6.99. The number of primary amides is 1. The van der Waals surface area contributed by atoms with Gasteiger partial charge in [0, 0.05) is 30.5 Å². The molecule has 1 atom stereocenters. The van der Waals surface area contributed by atoms with E-state index in [0.29, 0.717) is 37.4 Å². The van der Waals surface area contributed by atoms with Gasteiger partial charge in [0.15, 0.2) is 5.78 Å². The summed E-state index contributed by atoms with van der Waals surface area (Å²) in [6.45, 7) is 7.13. The zero-order chi connectivity index (χ0) is 20.9. The van der Waals surface area contributed by atoms with Crippen LogP contribution >= 0.6 is 0 Å². The van der Waals surface area contributed by atoms with Gasteiger partial charge in [-0.1, -0.05) is 13.8 Å². The van der Waals surface area contributed by atoms with Crippen molar-refractivity contribution in [2.24, 2.45) is 11.1 Å². The molecule has 1 unspecified atom stereocenters. The monoisotopic (exact) mass is 399 g/mol. The predicted molar refractivity (Wildman–Crippen MR) is 108 cm³/mol. The number of nitrogens with two attached hydrogens (primary N) is 1. The first-order valence-electron chi connectivity index (χ1n) is 9.88. The molecule has 0 saturated carbocycles. The van der Waals surface area contributed by atoms with E-state index < -0.39 is 11.7 Å². The van der Waals surface area contributed by atoms with Crippen LogP contribution in [0.5, 0.6) is 0 Å². The minimum atomic E-state index is -0.822. The molecule has 3 N–H and O–H groups in total. The van der Waals surface area contributed by atoms with E-state index in [1.165, 1.54) is 6.07 Å². The van der Waals surface area contributed by atoms with Gasteiger partial charge < -0.3 is 20.4 Å². The van der Waals surface area contributed by atoms with E-state index in [2.05, 4.69) is 19.2 Å². The third kappa shape index (κ3) is 3.55. The number of ether oxygens (including phenoxy) is 1. The number of carbonyl (C=O) groups excluding carboxylic acids is 2. The van der Waals surface area contributed by atoms with Crippen LogP contribution in [0.2, 0.25) is 0 Å². The number of rotatable bonds is 4. The van der Waals surface area contributed by atoms with Gasteiger partial charge in [-0.2, -0.15) is 0 Å². The van der Waals surface area contributed by atoms with Crippen molar-refractivity contribution in [3.8, 4) is 5.69 Å². The first kappa shape index (κ1) is 19.6. The molecule has 1 aliphatic carbocycles. The van der Waals surface area contributed by atoms with E-state index in [-0.39, 0.29) is 22.8 Å². The van der Waals surface area contributed by atoms with Crippen molar-refractivity contribution in [3.05, 3.63) is 46.5 Å². The molecular weight excluding hydrogens is 373 g/mol. The van der Waals surface area contributed by atoms with Gasteiger partial charge in [0.1, 0.15) is 5.82 Å². The van der Waals surface area contributed by atoms with Crippen LogP contribution < -0.4 is 11.1 Å². The van der Waals surface area contributed by atoms with Crippen LogP contribution in [0.25, 0.3) is 5.69 Å². The molecule has 1 saturated heterocycles. The number of aryl methyl sites for hydroxylation is 1. The number of anilines is 1. The fourth-order valence-electron chi connectivity index (χ4n) is 4.47. The van der Waals surface area contributed by atoms with Gasteiger partial charge in [0.2, 0.25) is 0 Å². The van der Waals surface area contributed by atoms with Gasteiger partial charge in [-0.15, -0.1) is 0 Å². The molecule has 0 spiro atoms. The van der Waals surface area contributed by atoms with E-state index in [1.807, 2.05) is 17.7 Å². The number of Topliss-reactive ketones (excluding diaryl/α,β-unsaturated/α-hetero) is 1. The van der Waals surface area contributed by atoms with Crippen molar-refractivity contribution >= 4 is 17.4 Å². The Kier molecular flexibility index (Phi) is 4.73. The first-order valence-corrected chi connectivity index (χ1v) is 9.88. The van der Waals surface area contributed by atoms with E-state index in [0.717, 1.165) is 23.2 Å². The SMILES string of the molecule is Cc1cn(-c2cc(F)c(C(N)=O)c(NC3CCOC3)c2)c2c1C(=O)CC(C)(C)C2. The molecule has 1 amide bonds. The predicted octanol–water partition coefficient (Wildman–Crippen LogP) is 3.38. The number of nitrogens with zero attached hydrogens (tertiary/aromatic N) is 1. The number of halogens is 1. The van der Waals surface area contributed by atoms with Gasteiger partial charge in [-0.25, -0.2) is 4.39 Å². The Balaban J connectivity index is 1.84. The zero-order valence-corrected chi connectivity index (χ0v) is 17.0. The van der Waals surface area contributed by atoms with E-state index >= 15 is 0 Å². The number of nitrogens with one attached hydrogen (secondary N) is 1. The average Bonchev–Trinajstić information content (AvgIpc) is 3.20. The van der Waals surface area contributed by atoms with Gasteiger partial charge in [-0.05, 0) is 42.9 Å². The van der Waals surface area contributed by atoms with Crippen molar-refractivity contribution in [2.45, 2.75) is 46.1 Å². The number of benzene rings is 1. The number of hydrogen-bond donors (Lipinski definition) is 2. The van der Waals surface area contributed by atoms with Crippen LogP contribution in [0.15, 0.2) is 18.3 Å². The molecule has 6 nitrogen and oxygen atoms in total. The summed E-state index contributed by atoms with van der Waals surface area (Å²) in [6, 6.07) is 3.03. The highest BCUT2D eigenvalue weighted by Gasteiger charge is 2.35. The smallest absolute Gasteiger partial charge is 0.253 e. The molecule has 1 aliphatic heterocycles. The minimum absolute atomic E-state index is 0.0106. The van der Waals surface area contributed by atoms with Gasteiger partial charge in [0.25, 0.3) is 5.91 Å². The average molecular weight is 399 g/mol. The summed E-state index contributed by atoms with van der Waals surface area (Å²) in [5, 5.41) is 3.21. The number of ketones is 1. The van der Waals surface area contributed by atoms with Crippen molar-refractivity contribution in [1.29, 1.82) is 0 Å². The second-order valence-corrected chi connectivity index (χ2v) is 8.86. The Hall–Kier alpha value is -2.67. The largest absolute Gasteiger partial charge is 0.379 e. The fraction of sp³-hybridized carbons (Fsp3) is 0.455. The van der Waals surface area contributed by atoms with Crippen molar-refractivity contribution in [2.75, 3.05) is 18.5 Å². The van der Waals surface area contributed by atoms with Crippen LogP contribution in [0.3, 0.4) is 0 Å². The summed E-state index contributed by atoms with van der Waals surface area (Å²) in [5.41, 5.74) is 8.51. The minimum Gasteiger partial charge on any atom is -0.379 e. The zero-order valence-electron chi connectivity index (χ0n) is 17.0. The number of fused-ring (bicyclic) bond motifs is 1. The molecule has 29 heavy (non-hydrogen) atoms. The van der Waals surface area contributed by atoms with Gasteiger partial charge >= 0.3 is 0 Å². The molecule has 0 radical (unpaired) electrons. The molecule has 7 heteroatoms. The summed E-state index contributed by atoms with van der Waals surface area (Å²) in [5.74, 6) is -1.39. The van der Waals surface area contributed by atoms with Crippen LogP contribution in [-0.2, 0) is 11.2 Å². The van der Waals surface area contributed by atoms with Crippen LogP contribution in [0.1, 0.15) is 58.7 Å². The Morgan fingerprint density at radius 3 is 2.76 bits per heavy atom. The normalized spacial score (nSPS) is 20.6. The van der Waals surface area contributed by atoms with E-state index in [4.69, 9.17) is 10.5 Å². The lowest BCUT2D eigenvalue weighted by Gasteiger charge is -2.30. The molecule has 0 bridgehead atoms. The number of amides is 1. The third-order valence-corrected chi connectivity index (χ3v) is 5.75. The van der Waals surface area contributed by atoms with E-state index in [1.54, 1.807) is 6.07 Å². The number of hydrogen-bond acceptors (Lipinski definition) is 4. The molecular formula is C22H26FN3O3. The summed E-state index contributed by atoms with van der Waals surface area (Å²) < 4.78 is 22.2. The maximum Gasteiger partial charge on any atom is 0.253 e. The van der Waals surface area contributed by atoms with Crippen molar-refractivity contribution < 1.29 is 18.7 Å². The summed E-state index contributed by atoms with van der Waals surface area (Å²) in [4.78, 5) is 24.6. The highest BCUT2D eigenvalue weighted by Crippen LogP contribution is 2.38. The lowest BCUT2D eigenvalue weighted by molar-refractivity contribution is 0.0909. The molecule has 1 aromatic carbocycles. The number of aromatic nitrogens is 1. The quantitative estimate of drug-likeness (QED) is 0.825. The van der Waals surface area contributed by atoms with E-state index in [9.17, 15) is 14.0 Å². The molecule has 2 aromatic rings. The number of carbonyl (C=O) groups is 2. The Labute approximate surface area is 169 Å². The second-order valence-electron chi connectivity index (χ2n) is 8.86. The maximum absolute atomic E-state index is 14.9. The van der Waals surface area contributed by atoms with Gasteiger partial charge in [0.05, 0.1) is 29.6 Å². The molecule has 2 heterocycles. The van der Waals surface area contributed by atoms with Gasteiger partial charge in [-0.3, -0.25) is 9.59 Å². The topological polar surface area (TPSA) is 86.3 Å². The summed E-state index contributed by atoms with van der Waals surface area (Å²) in [6.07, 6.45) is 3.84. The van der Waals surface area contributed by atoms with Crippen molar-refractivity contribution in [1.82, 2.24) is 4.57 Å². The molecule has 2 aliphatic rings. The molecule has 1 aromatic heterocycles. The molecule has 4 rings (SSSR count). The standard InChI is InChI=1S/C22H26FN3O3/c1-12-10-26(17-8-22(2,3)9-18(27)19(12)17)14-6-15(23)20(21(24)28)16(7-14)25-13-4-5-29-11-13/h6-7,10,13,25H,4-5,8-9,11H2,1-3H3,(H2,24,28). The van der Waals surface area contributed by atoms with Crippen molar-refractivity contribution in [3.63, 3.8) is 0 Å². The van der Waals surface area contributed by atoms with Crippen LogP contribution in [0, 0.1) is 18.2 Å². The molecule has 154 valence electrons. The maximum atomic E-state index is 14.9. The first-order chi connectivity index (χ1) is 13.7. The van der Waals surface area contributed by atoms with Crippen LogP contribution in [-0.4, -0.2) is 35.5 Å². The Bertz CT molecular complexity index is 1000. The van der Waals surface area contributed by atoms with Crippen LogP contribution in [0.4, 0.5) is 10.1 Å². The lowest BCUT2D eigenvalue weighted by atomic mass is 9.75. The third-order valence-electron chi connectivity index (χ3n) is 5.75. The highest BCUT2D eigenvalue weighted by atomic mass is 19.1. The Morgan fingerprint density at radius 2 is 2.10 bits per heavy atom. The lowest BCUT2D eigenvalue weighted by Crippen LogP contribution is -2.28. The highest BCUT2D eigenvalue weighted by molar-refractivity contribution is 6.01. The molecule has 1 fully saturated rings. The fourth-order valence-corrected chi connectivity index (χ4v) is 4.47. The summed E-state index contributed by atoms with van der Waals surface area (Å²) >= 11 is 0.